The number of amides is 1. The van der Waals surface area contributed by atoms with Gasteiger partial charge in [-0.2, -0.15) is 10.2 Å². The molecule has 7 aromatic heterocycles. The zero-order valence-corrected chi connectivity index (χ0v) is 95.9. The predicted octanol–water partition coefficient (Wildman–Crippen LogP) is 27.5. The maximum atomic E-state index is 13.6. The van der Waals surface area contributed by atoms with Crippen LogP contribution < -0.4 is 31.7 Å². The number of esters is 1. The number of fused-ring (bicyclic) bond motifs is 4. The van der Waals surface area contributed by atoms with E-state index >= 15 is 0 Å². The first-order chi connectivity index (χ1) is 69.6. The summed E-state index contributed by atoms with van der Waals surface area (Å²) in [6, 6.07) is 70.8. The first-order valence-corrected chi connectivity index (χ1v) is 51.0. The van der Waals surface area contributed by atoms with E-state index in [0.717, 1.165) is 96.1 Å². The number of aromatic nitrogens is 10. The molecular weight excluding hydrogens is 1870 g/mol. The molecule has 150 heavy (non-hydrogen) atoms. The number of aromatic hydroxyl groups is 1. The molecule has 0 atom stereocenters. The van der Waals surface area contributed by atoms with Crippen LogP contribution in [0.1, 0.15) is 275 Å². The molecule has 1 amide bonds. The number of carbonyl (C=O) groups is 2. The molecule has 17 rings (SSSR count). The van der Waals surface area contributed by atoms with Gasteiger partial charge in [-0.1, -0.05) is 275 Å². The number of rotatable bonds is 7. The van der Waals surface area contributed by atoms with E-state index in [9.17, 15) is 38.3 Å². The van der Waals surface area contributed by atoms with Crippen molar-refractivity contribution in [1.82, 2.24) is 52.9 Å². The first kappa shape index (κ1) is 119. The molecule has 9 aromatic carbocycles. The molecule has 0 radical (unpaired) electrons. The van der Waals surface area contributed by atoms with E-state index in [-0.39, 0.29) is 94.1 Å². The van der Waals surface area contributed by atoms with Crippen molar-refractivity contribution < 1.29 is 37.7 Å². The van der Waals surface area contributed by atoms with Gasteiger partial charge in [-0.15, -0.1) is 10.2 Å². The number of nitrogens with zero attached hydrogens (tertiary/aromatic N) is 11. The highest BCUT2D eigenvalue weighted by Gasteiger charge is 2.34. The second kappa shape index (κ2) is 48.3. The van der Waals surface area contributed by atoms with Crippen LogP contribution in [0.4, 0.5) is 4.39 Å². The van der Waals surface area contributed by atoms with E-state index in [1.165, 1.54) is 57.7 Å². The topological polar surface area (TPSA) is 248 Å². The number of methoxy groups -OCH3 is 3. The summed E-state index contributed by atoms with van der Waals surface area (Å²) in [6.45, 7) is 63.6. The summed E-state index contributed by atoms with van der Waals surface area (Å²) >= 11 is 0. The summed E-state index contributed by atoms with van der Waals surface area (Å²) in [6.07, 6.45) is 10.4. The van der Waals surface area contributed by atoms with Crippen LogP contribution in [-0.2, 0) is 89.7 Å². The zero-order chi connectivity index (χ0) is 112. The molecule has 1 aliphatic heterocycles. The number of para-hydroxylation sites is 3. The predicted molar refractivity (Wildman–Crippen MR) is 614 cm³/mol. The van der Waals surface area contributed by atoms with Crippen LogP contribution in [0.25, 0.3) is 72.1 Å². The minimum absolute atomic E-state index is 0.0121. The fraction of sp³-hybridized carbons (Fsp3) is 0.386. The van der Waals surface area contributed by atoms with Gasteiger partial charge in [-0.3, -0.25) is 28.7 Å². The summed E-state index contributed by atoms with van der Waals surface area (Å²) in [5, 5.41) is 29.3. The minimum atomic E-state index is -0.519. The van der Waals surface area contributed by atoms with Crippen molar-refractivity contribution in [2.75, 3.05) is 27.9 Å². The molecular formula is C127H160FN11O11. The fourth-order valence-electron chi connectivity index (χ4n) is 17.8. The average molecular weight is 2040 g/mol. The number of aryl methyl sites for hydroxylation is 8. The molecule has 23 heteroatoms. The van der Waals surface area contributed by atoms with Crippen molar-refractivity contribution in [2.45, 2.75) is 263 Å². The Morgan fingerprint density at radius 2 is 0.907 bits per heavy atom. The molecule has 8 heterocycles. The number of pyridine rings is 4. The van der Waals surface area contributed by atoms with Crippen molar-refractivity contribution in [3.05, 3.63) is 375 Å². The second-order valence-corrected chi connectivity index (χ2v) is 47.5. The minimum Gasteiger partial charge on any atom is -0.507 e. The van der Waals surface area contributed by atoms with Crippen molar-refractivity contribution >= 4 is 44.6 Å². The molecule has 0 unspecified atom stereocenters. The van der Waals surface area contributed by atoms with Crippen LogP contribution in [0.3, 0.4) is 0 Å². The Labute approximate surface area is 887 Å². The molecule has 0 saturated heterocycles. The zero-order valence-electron chi connectivity index (χ0n) is 95.9. The standard InChI is InChI=1S/C17H21NO.C15H20N2.C15H19NO2.C14H19NO2.C14H17NO2.C14H17NO.C13H16N2O.C13H16N2.C12H15FO2/c1-12-10-13(6-7-15(12)17(2,3)4)14-8-9-18(5)16(19)11-14;1-11-8-12(13-9-16-17(5)10-13)6-7-14(11)15(2,3)4;1-15(2,3)12-13(18-5)10-8-6-7-9-11(10)16(4)14(12)17;1-14(2,3)15-8-7-10-9-11(17-4)5-6-12(10)13(15)16;1-14(2,3)11-12(16)9-7-5-6-8-10(9)15(4)13(11)17;1-14(2,3)11-9-10-7-5-6-8-12(10)15(4)13(11)16;1-9-14-15-12(16-9)10-5-7-11(8-6-10)13(2,3)4;1-13(2,3)11-5-7-12(8-6-11)15-10-4-9-14-15;1-12(2,3)9-6-5-8(7-10(9)13)11(14)15-4/h6-11H,1-5H3;6-10H,1-5H3;6-9H,1-5H3;5-6,9H,7-8H2,1-4H3;5-8,16H,1-4H3;5-9H,1-4H3;5-8H,1-4H3;4-10H,1-3H3;5-7H,1-4H3. The summed E-state index contributed by atoms with van der Waals surface area (Å²) in [4.78, 5) is 74.0. The molecule has 0 spiro atoms. The van der Waals surface area contributed by atoms with Gasteiger partial charge < -0.3 is 46.9 Å². The molecule has 0 bridgehead atoms. The first-order valence-electron chi connectivity index (χ1n) is 51.0. The van der Waals surface area contributed by atoms with Crippen molar-refractivity contribution in [2.24, 2.45) is 35.2 Å². The Hall–Kier alpha value is -14.6. The maximum Gasteiger partial charge on any atom is 0.337 e. The lowest BCUT2D eigenvalue weighted by Gasteiger charge is -2.39. The monoisotopic (exact) mass is 2030 g/mol. The van der Waals surface area contributed by atoms with E-state index < -0.39 is 5.97 Å². The van der Waals surface area contributed by atoms with E-state index in [0.29, 0.717) is 28.7 Å². The van der Waals surface area contributed by atoms with E-state index in [1.54, 1.807) is 85.0 Å². The lowest BCUT2D eigenvalue weighted by Crippen LogP contribution is -2.49. The average Bonchev–Trinajstić information content (AvgIpc) is 0.757. The third kappa shape index (κ3) is 30.4. The van der Waals surface area contributed by atoms with Crippen LogP contribution in [-0.4, -0.2) is 103 Å². The number of hydrogen-bond donors (Lipinski definition) is 1. The molecule has 796 valence electrons. The summed E-state index contributed by atoms with van der Waals surface area (Å²) < 4.78 is 44.5. The lowest BCUT2D eigenvalue weighted by molar-refractivity contribution is 0.0559. The SMILES string of the molecule is CC(C)(C)c1ccc(-n2cccn2)cc1.COC(=O)c1ccc(C(C)(C)C)c(F)c1.COc1c(C(C)(C)C)c(=O)n(C)c2ccccc12.COc1ccc2c(c1)CCN(C(C)(C)C)C2=O.Cc1cc(-c2ccn(C)c(=O)c2)ccc1C(C)(C)C.Cc1cc(-c2cnn(C)c2)ccc1C(C)(C)C.Cc1nnc(-c2ccc(C(C)(C)C)cc2)o1.Cn1c(=O)c(C(C)(C)C)c(O)c2ccccc21.Cn1c(=O)c(C(C)(C)C)cc2ccccc21. The number of halogens is 1. The third-order valence-corrected chi connectivity index (χ3v) is 26.1. The smallest absolute Gasteiger partial charge is 0.337 e. The van der Waals surface area contributed by atoms with Gasteiger partial charge in [0.15, 0.2) is 0 Å². The Morgan fingerprint density at radius 1 is 0.427 bits per heavy atom. The Morgan fingerprint density at radius 3 is 1.36 bits per heavy atom. The van der Waals surface area contributed by atoms with Crippen LogP contribution >= 0.6 is 0 Å². The fourth-order valence-corrected chi connectivity index (χ4v) is 17.8. The second-order valence-electron chi connectivity index (χ2n) is 47.5. The molecule has 0 aliphatic carbocycles. The third-order valence-electron chi connectivity index (χ3n) is 26.1. The molecule has 0 fully saturated rings. The van der Waals surface area contributed by atoms with Crippen molar-refractivity contribution in [3.8, 4) is 56.6 Å². The van der Waals surface area contributed by atoms with Gasteiger partial charge in [-0.05, 0) is 254 Å². The van der Waals surface area contributed by atoms with Crippen LogP contribution in [0.5, 0.6) is 17.2 Å². The largest absolute Gasteiger partial charge is 0.507 e. The van der Waals surface area contributed by atoms with Gasteiger partial charge in [0, 0.05) is 118 Å². The normalized spacial score (nSPS) is 12.2. The number of carbonyl (C=O) groups excluding carboxylic acids is 2. The number of benzene rings is 9. The quantitative estimate of drug-likeness (QED) is 0.146. The van der Waals surface area contributed by atoms with Gasteiger partial charge in [0.05, 0.1) is 66.5 Å². The highest BCUT2D eigenvalue weighted by Crippen LogP contribution is 2.39. The molecule has 1 N–H and O–H groups in total. The maximum absolute atomic E-state index is 13.6. The molecule has 16 aromatic rings. The van der Waals surface area contributed by atoms with Crippen LogP contribution in [0.2, 0.25) is 0 Å². The van der Waals surface area contributed by atoms with Crippen LogP contribution in [0.15, 0.2) is 273 Å². The van der Waals surface area contributed by atoms with Crippen LogP contribution in [0, 0.1) is 26.6 Å². The van der Waals surface area contributed by atoms with E-state index in [2.05, 4.69) is 236 Å². The highest BCUT2D eigenvalue weighted by molar-refractivity contribution is 5.97. The lowest BCUT2D eigenvalue weighted by atomic mass is 9.83. The van der Waals surface area contributed by atoms with Gasteiger partial charge >= 0.3 is 5.97 Å². The molecule has 22 nitrogen and oxygen atoms in total. The van der Waals surface area contributed by atoms with Gasteiger partial charge in [0.1, 0.15) is 23.1 Å². The van der Waals surface area contributed by atoms with Gasteiger partial charge in [0.25, 0.3) is 28.1 Å². The molecule has 1 aliphatic rings. The number of hydrogen-bond acceptors (Lipinski definition) is 15. The van der Waals surface area contributed by atoms with Crippen molar-refractivity contribution in [1.29, 1.82) is 0 Å². The Kier molecular flexibility index (Phi) is 38.3. The Balaban J connectivity index is 0.000000187. The van der Waals surface area contributed by atoms with Crippen molar-refractivity contribution in [3.63, 3.8) is 0 Å². The summed E-state index contributed by atoms with van der Waals surface area (Å²) in [5.74, 6) is 2.03. The van der Waals surface area contributed by atoms with E-state index in [4.69, 9.17) is 13.9 Å². The highest BCUT2D eigenvalue weighted by atomic mass is 19.1. The molecule has 0 saturated carbocycles. The van der Waals surface area contributed by atoms with Gasteiger partial charge in [-0.25, -0.2) is 13.9 Å². The number of ether oxygens (including phenoxy) is 3. The van der Waals surface area contributed by atoms with Gasteiger partial charge in [0.2, 0.25) is 11.8 Å². The summed E-state index contributed by atoms with van der Waals surface area (Å²) in [5.41, 5.74) is 21.7. The van der Waals surface area contributed by atoms with E-state index in [1.807, 2.05) is 237 Å². The Bertz CT molecular complexity index is 7640. The summed E-state index contributed by atoms with van der Waals surface area (Å²) in [7, 11) is 13.6.